The first-order chi connectivity index (χ1) is 24.0. The Morgan fingerprint density at radius 3 is 1.59 bits per heavy atom. The van der Waals surface area contributed by atoms with Crippen LogP contribution in [0.1, 0.15) is 16.7 Å². The Hall–Kier alpha value is -5.41. The molecule has 0 saturated carbocycles. The Morgan fingerprint density at radius 2 is 1.10 bits per heavy atom. The van der Waals surface area contributed by atoms with Gasteiger partial charge >= 0.3 is 0 Å². The molecule has 0 aliphatic heterocycles. The Morgan fingerprint density at radius 1 is 0.627 bits per heavy atom. The van der Waals surface area contributed by atoms with Gasteiger partial charge in [0.1, 0.15) is 28.7 Å². The standard InChI is InChI=1S/C36H28F4N2O7S2/c1-19-33-26(24-12-20(17-50(2,44)45)4-8-29(24)48-31-10-6-22(37)14-27(31)39)16-41-35(33)36(43)42-34(19)25-13-21(18-51(3,46)47)5-9-30(25)49-32-11-7-23(38)15-28(32)40/h4-16,41H,17-18H2,1-3H3,(H,42,43). The highest BCUT2D eigenvalue weighted by Crippen LogP contribution is 2.43. The normalized spacial score (nSPS) is 12.0. The largest absolute Gasteiger partial charge is 0.454 e. The molecule has 0 bridgehead atoms. The number of aryl methyl sites for hydroxylation is 1. The van der Waals surface area contributed by atoms with Gasteiger partial charge in [-0.05, 0) is 72.1 Å². The lowest BCUT2D eigenvalue weighted by molar-refractivity contribution is 0.439. The Labute approximate surface area is 289 Å². The first-order valence-corrected chi connectivity index (χ1v) is 19.2. The molecule has 0 fully saturated rings. The van der Waals surface area contributed by atoms with Crippen LogP contribution >= 0.6 is 0 Å². The third-order valence-electron chi connectivity index (χ3n) is 7.83. The van der Waals surface area contributed by atoms with E-state index in [4.69, 9.17) is 9.47 Å². The molecule has 0 amide bonds. The molecule has 2 aromatic heterocycles. The van der Waals surface area contributed by atoms with Crippen LogP contribution in [0.5, 0.6) is 23.0 Å². The number of pyridine rings is 1. The molecule has 0 spiro atoms. The molecule has 6 aromatic rings. The van der Waals surface area contributed by atoms with Crippen LogP contribution in [-0.2, 0) is 31.2 Å². The molecule has 15 heteroatoms. The molecule has 0 unspecified atom stereocenters. The van der Waals surface area contributed by atoms with Crippen molar-refractivity contribution in [2.24, 2.45) is 0 Å². The minimum atomic E-state index is -3.52. The van der Waals surface area contributed by atoms with Crippen LogP contribution in [0.3, 0.4) is 0 Å². The molecule has 4 aromatic carbocycles. The van der Waals surface area contributed by atoms with Crippen LogP contribution < -0.4 is 15.0 Å². The maximum atomic E-state index is 14.7. The van der Waals surface area contributed by atoms with Crippen LogP contribution in [-0.4, -0.2) is 39.3 Å². The van der Waals surface area contributed by atoms with Gasteiger partial charge in [-0.2, -0.15) is 0 Å². The van der Waals surface area contributed by atoms with Crippen LogP contribution in [0.2, 0.25) is 0 Å². The third-order valence-corrected chi connectivity index (χ3v) is 9.54. The number of ether oxygens (including phenoxy) is 2. The van der Waals surface area contributed by atoms with Crippen molar-refractivity contribution < 1.29 is 43.9 Å². The van der Waals surface area contributed by atoms with Gasteiger partial charge in [-0.1, -0.05) is 12.1 Å². The number of aromatic amines is 2. The molecule has 0 atom stereocenters. The third kappa shape index (κ3) is 7.84. The number of hydrogen-bond donors (Lipinski definition) is 2. The van der Waals surface area contributed by atoms with Crippen LogP contribution in [0.4, 0.5) is 17.6 Å². The minimum absolute atomic E-state index is 0.00102. The summed E-state index contributed by atoms with van der Waals surface area (Å²) in [5.41, 5.74) is 1.46. The van der Waals surface area contributed by atoms with Crippen molar-refractivity contribution in [2.75, 3.05) is 12.5 Å². The molecule has 0 aliphatic carbocycles. The summed E-state index contributed by atoms with van der Waals surface area (Å²) < 4.78 is 117. The second-order valence-electron chi connectivity index (χ2n) is 12.1. The lowest BCUT2D eigenvalue weighted by Gasteiger charge is -2.17. The van der Waals surface area contributed by atoms with Crippen molar-refractivity contribution in [2.45, 2.75) is 18.4 Å². The fraction of sp³-hybridized carbons (Fsp3) is 0.139. The highest BCUT2D eigenvalue weighted by molar-refractivity contribution is 7.90. The molecule has 6 rings (SSSR count). The number of rotatable bonds is 10. The molecule has 264 valence electrons. The number of halogens is 4. The molecular weight excluding hydrogens is 713 g/mol. The molecule has 9 nitrogen and oxygen atoms in total. The van der Waals surface area contributed by atoms with E-state index >= 15 is 0 Å². The predicted octanol–water partition coefficient (Wildman–Crippen LogP) is 7.73. The summed E-state index contributed by atoms with van der Waals surface area (Å²) in [5.74, 6) is -5.00. The van der Waals surface area contributed by atoms with Crippen molar-refractivity contribution in [1.29, 1.82) is 0 Å². The Balaban J connectivity index is 1.58. The van der Waals surface area contributed by atoms with Gasteiger partial charge in [-0.25, -0.2) is 34.4 Å². The van der Waals surface area contributed by atoms with Crippen molar-refractivity contribution in [3.05, 3.63) is 129 Å². The lowest BCUT2D eigenvalue weighted by atomic mass is 9.96. The first kappa shape index (κ1) is 35.4. The average molecular weight is 741 g/mol. The van der Waals surface area contributed by atoms with Gasteiger partial charge in [-0.3, -0.25) is 4.79 Å². The molecular formula is C36H28F4N2O7S2. The number of H-pyrrole nitrogens is 2. The van der Waals surface area contributed by atoms with E-state index in [2.05, 4.69) is 9.97 Å². The minimum Gasteiger partial charge on any atom is -0.454 e. The summed E-state index contributed by atoms with van der Waals surface area (Å²) in [4.78, 5) is 19.3. The van der Waals surface area contributed by atoms with Gasteiger partial charge < -0.3 is 19.4 Å². The fourth-order valence-corrected chi connectivity index (χ4v) is 7.31. The molecule has 2 N–H and O–H groups in total. The zero-order chi connectivity index (χ0) is 36.8. The molecule has 51 heavy (non-hydrogen) atoms. The van der Waals surface area contributed by atoms with Crippen LogP contribution in [0, 0.1) is 30.2 Å². The fourth-order valence-electron chi connectivity index (χ4n) is 5.74. The number of aromatic nitrogens is 2. The van der Waals surface area contributed by atoms with Crippen molar-refractivity contribution in [3.63, 3.8) is 0 Å². The van der Waals surface area contributed by atoms with Crippen LogP contribution in [0.15, 0.2) is 83.8 Å². The molecule has 0 radical (unpaired) electrons. The molecule has 0 aliphatic rings. The number of sulfone groups is 2. The zero-order valence-corrected chi connectivity index (χ0v) is 28.7. The summed E-state index contributed by atoms with van der Waals surface area (Å²) in [7, 11) is -7.03. The summed E-state index contributed by atoms with van der Waals surface area (Å²) in [5, 5.41) is 0.321. The summed E-state index contributed by atoms with van der Waals surface area (Å²) in [6.07, 6.45) is 3.59. The van der Waals surface area contributed by atoms with E-state index in [9.17, 15) is 39.2 Å². The molecule has 0 saturated heterocycles. The monoisotopic (exact) mass is 740 g/mol. The first-order valence-electron chi connectivity index (χ1n) is 15.1. The van der Waals surface area contributed by atoms with E-state index in [0.717, 1.165) is 36.8 Å². The number of nitrogens with one attached hydrogen (secondary N) is 2. The maximum absolute atomic E-state index is 14.7. The van der Waals surface area contributed by atoms with Gasteiger partial charge in [0.15, 0.2) is 42.8 Å². The molecule has 2 heterocycles. The summed E-state index contributed by atoms with van der Waals surface area (Å²) in [6.45, 7) is 1.65. The van der Waals surface area contributed by atoms with Crippen LogP contribution in [0.25, 0.3) is 33.3 Å². The van der Waals surface area contributed by atoms with Gasteiger partial charge in [0.05, 0.1) is 17.2 Å². The predicted molar refractivity (Wildman–Crippen MR) is 184 cm³/mol. The maximum Gasteiger partial charge on any atom is 0.272 e. The van der Waals surface area contributed by atoms with Gasteiger partial charge in [-0.15, -0.1) is 0 Å². The van der Waals surface area contributed by atoms with E-state index in [1.807, 2.05) is 0 Å². The van der Waals surface area contributed by atoms with E-state index in [1.165, 1.54) is 42.6 Å². The van der Waals surface area contributed by atoms with Crippen molar-refractivity contribution in [3.8, 4) is 45.4 Å². The zero-order valence-electron chi connectivity index (χ0n) is 27.1. The average Bonchev–Trinajstić information content (AvgIpc) is 3.48. The second-order valence-corrected chi connectivity index (χ2v) is 16.3. The number of fused-ring (bicyclic) bond motifs is 1. The second kappa shape index (κ2) is 13.4. The van der Waals surface area contributed by atoms with Gasteiger partial charge in [0, 0.05) is 52.9 Å². The number of hydrogen-bond acceptors (Lipinski definition) is 7. The van der Waals surface area contributed by atoms with Crippen molar-refractivity contribution >= 4 is 30.6 Å². The SMILES string of the molecule is Cc1c(-c2cc(CS(C)(=O)=O)ccc2Oc2ccc(F)cc2F)[nH]c(=O)c2[nH]cc(-c3cc(CS(C)(=O)=O)ccc3Oc3ccc(F)cc3F)c12. The lowest BCUT2D eigenvalue weighted by Crippen LogP contribution is -2.10. The van der Waals surface area contributed by atoms with E-state index in [-0.39, 0.29) is 56.8 Å². The van der Waals surface area contributed by atoms with Crippen molar-refractivity contribution in [1.82, 2.24) is 9.97 Å². The van der Waals surface area contributed by atoms with Gasteiger partial charge in [0.25, 0.3) is 5.56 Å². The topological polar surface area (TPSA) is 135 Å². The van der Waals surface area contributed by atoms with Gasteiger partial charge in [0.2, 0.25) is 0 Å². The summed E-state index contributed by atoms with van der Waals surface area (Å²) >= 11 is 0. The summed E-state index contributed by atoms with van der Waals surface area (Å²) in [6, 6.07) is 14.2. The van der Waals surface area contributed by atoms with E-state index in [1.54, 1.807) is 6.92 Å². The highest BCUT2D eigenvalue weighted by atomic mass is 32.2. The number of benzene rings is 4. The smallest absolute Gasteiger partial charge is 0.272 e. The van der Waals surface area contributed by atoms with E-state index < -0.39 is 48.5 Å². The van der Waals surface area contributed by atoms with E-state index in [0.29, 0.717) is 39.8 Å². The Bertz CT molecular complexity index is 2640. The highest BCUT2D eigenvalue weighted by Gasteiger charge is 2.23. The Kier molecular flexibility index (Phi) is 9.29. The quantitative estimate of drug-likeness (QED) is 0.137.